The molecule has 2 atom stereocenters. The minimum Gasteiger partial charge on any atom is -0.364 e. The molecule has 1 aliphatic carbocycles. The van der Waals surface area contributed by atoms with E-state index in [-0.39, 0.29) is 0 Å². The van der Waals surface area contributed by atoms with E-state index >= 15 is 0 Å². The Bertz CT molecular complexity index is 549. The molecular formula is C13H11NO. The van der Waals surface area contributed by atoms with Crippen molar-refractivity contribution in [1.82, 2.24) is 4.98 Å². The lowest BCUT2D eigenvalue weighted by Gasteiger charge is -2.14. The van der Waals surface area contributed by atoms with Crippen LogP contribution in [0.15, 0.2) is 30.5 Å². The van der Waals surface area contributed by atoms with E-state index in [9.17, 15) is 0 Å². The number of ether oxygens (including phenoxy) is 1. The van der Waals surface area contributed by atoms with Crippen LogP contribution in [0.3, 0.4) is 0 Å². The van der Waals surface area contributed by atoms with Crippen molar-refractivity contribution in [3.63, 3.8) is 0 Å². The zero-order valence-corrected chi connectivity index (χ0v) is 8.31. The third-order valence-corrected chi connectivity index (χ3v) is 3.50. The lowest BCUT2D eigenvalue weighted by atomic mass is 9.89. The molecule has 1 aromatic carbocycles. The second-order valence-corrected chi connectivity index (χ2v) is 4.34. The van der Waals surface area contributed by atoms with Crippen LogP contribution in [-0.2, 0) is 11.2 Å². The molecule has 1 aromatic heterocycles. The summed E-state index contributed by atoms with van der Waals surface area (Å²) in [5, 5.41) is 1.31. The third-order valence-electron chi connectivity index (χ3n) is 3.50. The van der Waals surface area contributed by atoms with Crippen LogP contribution in [0.25, 0.3) is 10.9 Å². The summed E-state index contributed by atoms with van der Waals surface area (Å²) in [6.07, 6.45) is 5.06. The standard InChI is InChI=1S/C13H11NO/c1-2-9-8-4-6-12-13(15-12)10(8)3-5-11(9)14-7-1/h1-3,5,7,12-13H,4,6H2/t12-,13+/m0/s1. The molecule has 2 aliphatic rings. The monoisotopic (exact) mass is 197 g/mol. The predicted molar refractivity (Wildman–Crippen MR) is 57.7 cm³/mol. The van der Waals surface area contributed by atoms with Gasteiger partial charge in [0.1, 0.15) is 6.10 Å². The van der Waals surface area contributed by atoms with Crippen molar-refractivity contribution in [3.8, 4) is 0 Å². The average Bonchev–Trinajstić information content (AvgIpc) is 3.07. The number of nitrogens with zero attached hydrogens (tertiary/aromatic N) is 1. The van der Waals surface area contributed by atoms with Gasteiger partial charge in [0.25, 0.3) is 0 Å². The molecule has 2 heterocycles. The van der Waals surface area contributed by atoms with Crippen LogP contribution >= 0.6 is 0 Å². The largest absolute Gasteiger partial charge is 0.364 e. The maximum Gasteiger partial charge on any atom is 0.109 e. The second kappa shape index (κ2) is 2.58. The topological polar surface area (TPSA) is 25.4 Å². The summed E-state index contributed by atoms with van der Waals surface area (Å²) in [6.45, 7) is 0. The Morgan fingerprint density at radius 3 is 3.27 bits per heavy atom. The summed E-state index contributed by atoms with van der Waals surface area (Å²) in [6, 6.07) is 8.49. The Labute approximate surface area is 87.9 Å². The maximum absolute atomic E-state index is 5.63. The Kier molecular flexibility index (Phi) is 1.35. The molecule has 0 bridgehead atoms. The molecule has 74 valence electrons. The first kappa shape index (κ1) is 7.83. The number of epoxide rings is 1. The van der Waals surface area contributed by atoms with Gasteiger partial charge in [0.2, 0.25) is 0 Å². The van der Waals surface area contributed by atoms with E-state index in [0.717, 1.165) is 11.9 Å². The molecule has 0 amide bonds. The number of benzene rings is 1. The summed E-state index contributed by atoms with van der Waals surface area (Å²) < 4.78 is 5.63. The van der Waals surface area contributed by atoms with E-state index in [1.807, 2.05) is 12.3 Å². The number of aromatic nitrogens is 1. The zero-order valence-electron chi connectivity index (χ0n) is 8.31. The molecule has 2 nitrogen and oxygen atoms in total. The van der Waals surface area contributed by atoms with Crippen molar-refractivity contribution >= 4 is 10.9 Å². The summed E-state index contributed by atoms with van der Waals surface area (Å²) in [4.78, 5) is 4.39. The number of fused-ring (bicyclic) bond motifs is 5. The highest BCUT2D eigenvalue weighted by Crippen LogP contribution is 2.48. The minimum absolute atomic E-state index is 0.387. The molecular weight excluding hydrogens is 186 g/mol. The van der Waals surface area contributed by atoms with Crippen LogP contribution in [0.1, 0.15) is 23.7 Å². The third kappa shape index (κ3) is 0.999. The van der Waals surface area contributed by atoms with E-state index < -0.39 is 0 Å². The van der Waals surface area contributed by atoms with Crippen molar-refractivity contribution in [2.45, 2.75) is 25.0 Å². The number of aryl methyl sites for hydroxylation is 1. The van der Waals surface area contributed by atoms with Gasteiger partial charge in [-0.25, -0.2) is 0 Å². The van der Waals surface area contributed by atoms with Crippen LogP contribution < -0.4 is 0 Å². The number of hydrogen-bond donors (Lipinski definition) is 0. The van der Waals surface area contributed by atoms with Crippen molar-refractivity contribution in [2.75, 3.05) is 0 Å². The Morgan fingerprint density at radius 2 is 2.27 bits per heavy atom. The zero-order chi connectivity index (χ0) is 9.83. The van der Waals surface area contributed by atoms with Crippen molar-refractivity contribution in [1.29, 1.82) is 0 Å². The van der Waals surface area contributed by atoms with Crippen LogP contribution in [0.2, 0.25) is 0 Å². The highest BCUT2D eigenvalue weighted by molar-refractivity contribution is 5.83. The van der Waals surface area contributed by atoms with Gasteiger partial charge in [-0.15, -0.1) is 0 Å². The van der Waals surface area contributed by atoms with Gasteiger partial charge < -0.3 is 4.74 Å². The fourth-order valence-corrected chi connectivity index (χ4v) is 2.70. The lowest BCUT2D eigenvalue weighted by molar-refractivity contribution is 0.373. The number of rotatable bonds is 0. The summed E-state index contributed by atoms with van der Waals surface area (Å²) in [5.41, 5.74) is 3.96. The fraction of sp³-hybridized carbons (Fsp3) is 0.308. The molecule has 4 rings (SSSR count). The minimum atomic E-state index is 0.387. The number of hydrogen-bond acceptors (Lipinski definition) is 2. The molecule has 2 heteroatoms. The average molecular weight is 197 g/mol. The molecule has 0 N–H and O–H groups in total. The number of pyridine rings is 1. The Morgan fingerprint density at radius 1 is 1.27 bits per heavy atom. The van der Waals surface area contributed by atoms with Gasteiger partial charge in [-0.1, -0.05) is 12.1 Å². The fourth-order valence-electron chi connectivity index (χ4n) is 2.70. The summed E-state index contributed by atoms with van der Waals surface area (Å²) in [5.74, 6) is 0. The van der Waals surface area contributed by atoms with Crippen LogP contribution in [-0.4, -0.2) is 11.1 Å². The van der Waals surface area contributed by atoms with E-state index in [0.29, 0.717) is 12.2 Å². The molecule has 0 spiro atoms. The van der Waals surface area contributed by atoms with Gasteiger partial charge in [0.05, 0.1) is 11.6 Å². The lowest BCUT2D eigenvalue weighted by Crippen LogP contribution is -2.05. The molecule has 0 radical (unpaired) electrons. The maximum atomic E-state index is 5.63. The smallest absolute Gasteiger partial charge is 0.109 e. The van der Waals surface area contributed by atoms with Crippen molar-refractivity contribution < 1.29 is 4.74 Å². The molecule has 1 saturated heterocycles. The van der Waals surface area contributed by atoms with Gasteiger partial charge in [-0.3, -0.25) is 4.98 Å². The highest BCUT2D eigenvalue weighted by atomic mass is 16.6. The van der Waals surface area contributed by atoms with E-state index in [1.165, 1.54) is 22.9 Å². The van der Waals surface area contributed by atoms with Crippen LogP contribution in [0, 0.1) is 0 Å². The first-order chi connectivity index (χ1) is 7.43. The summed E-state index contributed by atoms with van der Waals surface area (Å²) in [7, 11) is 0. The first-order valence-corrected chi connectivity index (χ1v) is 5.45. The summed E-state index contributed by atoms with van der Waals surface area (Å²) >= 11 is 0. The predicted octanol–water partition coefficient (Wildman–Crippen LogP) is 2.62. The van der Waals surface area contributed by atoms with Crippen LogP contribution in [0.5, 0.6) is 0 Å². The normalized spacial score (nSPS) is 27.2. The van der Waals surface area contributed by atoms with E-state index in [1.54, 1.807) is 0 Å². The molecule has 1 fully saturated rings. The molecule has 1 aliphatic heterocycles. The van der Waals surface area contributed by atoms with Gasteiger partial charge in [0.15, 0.2) is 0 Å². The highest BCUT2D eigenvalue weighted by Gasteiger charge is 2.44. The van der Waals surface area contributed by atoms with Crippen molar-refractivity contribution in [2.24, 2.45) is 0 Å². The van der Waals surface area contributed by atoms with E-state index in [4.69, 9.17) is 4.74 Å². The van der Waals surface area contributed by atoms with Crippen molar-refractivity contribution in [3.05, 3.63) is 41.6 Å². The van der Waals surface area contributed by atoms with Gasteiger partial charge in [0, 0.05) is 11.6 Å². The van der Waals surface area contributed by atoms with Gasteiger partial charge in [-0.05, 0) is 36.1 Å². The van der Waals surface area contributed by atoms with Crippen LogP contribution in [0.4, 0.5) is 0 Å². The van der Waals surface area contributed by atoms with E-state index in [2.05, 4.69) is 23.2 Å². The molecule has 0 saturated carbocycles. The first-order valence-electron chi connectivity index (χ1n) is 5.45. The Hall–Kier alpha value is -1.41. The molecule has 0 unspecified atom stereocenters. The Balaban J connectivity index is 2.07. The molecule has 15 heavy (non-hydrogen) atoms. The SMILES string of the molecule is c1cnc2ccc3c(c2c1)CC[C@@H]1O[C@H]31. The molecule has 2 aromatic rings. The second-order valence-electron chi connectivity index (χ2n) is 4.34. The quantitative estimate of drug-likeness (QED) is 0.606. The van der Waals surface area contributed by atoms with Gasteiger partial charge >= 0.3 is 0 Å². The van der Waals surface area contributed by atoms with Gasteiger partial charge in [-0.2, -0.15) is 0 Å².